The smallest absolute Gasteiger partial charge is 0.254 e. The molecule has 164 valence electrons. The van der Waals surface area contributed by atoms with Crippen LogP contribution < -0.4 is 10.6 Å². The number of hydrogen-bond donors (Lipinski definition) is 2. The molecule has 0 saturated heterocycles. The number of carbonyl (C=O) groups is 2. The maximum atomic E-state index is 13.1. The third-order valence-electron chi connectivity index (χ3n) is 5.62. The molecule has 0 fully saturated rings. The quantitative estimate of drug-likeness (QED) is 0.378. The zero-order chi connectivity index (χ0) is 22.1. The summed E-state index contributed by atoms with van der Waals surface area (Å²) in [4.78, 5) is 27.2. The summed E-state index contributed by atoms with van der Waals surface area (Å²) in [6.07, 6.45) is 7.19. The van der Waals surface area contributed by atoms with Gasteiger partial charge in [-0.05, 0) is 61.6 Å². The number of thiophene rings is 1. The zero-order valence-corrected chi connectivity index (χ0v) is 18.8. The summed E-state index contributed by atoms with van der Waals surface area (Å²) in [5, 5.41) is 7.90. The summed E-state index contributed by atoms with van der Waals surface area (Å²) in [5.74, 6) is 0.279. The van der Waals surface area contributed by atoms with Crippen LogP contribution in [-0.2, 0) is 30.6 Å². The Morgan fingerprint density at radius 3 is 2.84 bits per heavy atom. The Bertz CT molecular complexity index is 1290. The van der Waals surface area contributed by atoms with Gasteiger partial charge in [-0.3, -0.25) is 9.59 Å². The van der Waals surface area contributed by atoms with Crippen molar-refractivity contribution in [1.29, 1.82) is 0 Å². The highest BCUT2D eigenvalue weighted by Gasteiger charge is 2.26. The van der Waals surface area contributed by atoms with Crippen LogP contribution in [0.2, 0.25) is 5.02 Å². The van der Waals surface area contributed by atoms with E-state index < -0.39 is 0 Å². The van der Waals surface area contributed by atoms with Crippen molar-refractivity contribution >= 4 is 50.7 Å². The van der Waals surface area contributed by atoms with Crippen molar-refractivity contribution in [3.05, 3.63) is 75.2 Å². The van der Waals surface area contributed by atoms with E-state index in [4.69, 9.17) is 20.4 Å². The van der Waals surface area contributed by atoms with Gasteiger partial charge in [0.2, 0.25) is 5.91 Å². The fourth-order valence-corrected chi connectivity index (χ4v) is 5.57. The van der Waals surface area contributed by atoms with Gasteiger partial charge in [0.05, 0.1) is 31.1 Å². The number of anilines is 1. The number of amides is 2. The Balaban J connectivity index is 1.37. The van der Waals surface area contributed by atoms with Gasteiger partial charge in [-0.25, -0.2) is 0 Å². The first-order valence-electron chi connectivity index (χ1n) is 10.5. The Morgan fingerprint density at radius 2 is 2.00 bits per heavy atom. The van der Waals surface area contributed by atoms with E-state index in [1.54, 1.807) is 36.8 Å². The number of halogens is 1. The lowest BCUT2D eigenvalue weighted by molar-refractivity contribution is -0.115. The normalized spacial score (nSPS) is 13.2. The minimum Gasteiger partial charge on any atom is -0.467 e. The molecule has 0 aliphatic heterocycles. The number of benzene rings is 1. The molecule has 3 heterocycles. The van der Waals surface area contributed by atoms with Gasteiger partial charge in [-0.1, -0.05) is 11.6 Å². The van der Waals surface area contributed by atoms with E-state index in [2.05, 4.69) is 10.6 Å². The van der Waals surface area contributed by atoms with Crippen molar-refractivity contribution in [2.24, 2.45) is 0 Å². The Hall–Kier alpha value is -3.03. The van der Waals surface area contributed by atoms with Gasteiger partial charge >= 0.3 is 0 Å². The molecule has 2 amide bonds. The van der Waals surface area contributed by atoms with Crippen LogP contribution in [-0.4, -0.2) is 11.8 Å². The fraction of sp³-hybridized carbons (Fsp3) is 0.250. The van der Waals surface area contributed by atoms with Gasteiger partial charge < -0.3 is 19.5 Å². The predicted octanol–water partition coefficient (Wildman–Crippen LogP) is 5.73. The fourth-order valence-electron chi connectivity index (χ4n) is 4.10. The summed E-state index contributed by atoms with van der Waals surface area (Å²) < 4.78 is 10.9. The average Bonchev–Trinajstić information content (AvgIpc) is 3.51. The second-order valence-electron chi connectivity index (χ2n) is 7.80. The molecule has 3 aromatic heterocycles. The third kappa shape index (κ3) is 4.18. The van der Waals surface area contributed by atoms with Crippen LogP contribution >= 0.6 is 22.9 Å². The summed E-state index contributed by atoms with van der Waals surface area (Å²) in [6, 6.07) is 8.93. The van der Waals surface area contributed by atoms with Gasteiger partial charge in [0, 0.05) is 20.8 Å². The summed E-state index contributed by atoms with van der Waals surface area (Å²) >= 11 is 7.60. The molecule has 1 aliphatic carbocycles. The van der Waals surface area contributed by atoms with Gasteiger partial charge in [-0.2, -0.15) is 0 Å². The van der Waals surface area contributed by atoms with Crippen LogP contribution in [0.25, 0.3) is 11.0 Å². The van der Waals surface area contributed by atoms with Gasteiger partial charge in [-0.15, -0.1) is 11.3 Å². The molecule has 32 heavy (non-hydrogen) atoms. The molecule has 0 atom stereocenters. The standard InChI is InChI=1S/C24H21ClN2O4S/c25-15-7-8-19-18(11-15)14(13-31-19)10-21(28)27-24-22(17-5-1-2-6-20(17)32-24)23(29)26-12-16-4-3-9-30-16/h3-4,7-9,11,13H,1-2,5-6,10,12H2,(H,26,29)(H,27,28). The summed E-state index contributed by atoms with van der Waals surface area (Å²) in [6.45, 7) is 0.297. The highest BCUT2D eigenvalue weighted by atomic mass is 35.5. The molecule has 1 aliphatic rings. The Labute approximate surface area is 193 Å². The van der Waals surface area contributed by atoms with Crippen molar-refractivity contribution < 1.29 is 18.4 Å². The largest absolute Gasteiger partial charge is 0.467 e. The molecule has 2 N–H and O–H groups in total. The first-order chi connectivity index (χ1) is 15.6. The van der Waals surface area contributed by atoms with Crippen molar-refractivity contribution in [1.82, 2.24) is 5.32 Å². The van der Waals surface area contributed by atoms with Crippen molar-refractivity contribution in [2.45, 2.75) is 38.6 Å². The van der Waals surface area contributed by atoms with Crippen LogP contribution in [0, 0.1) is 0 Å². The van der Waals surface area contributed by atoms with Crippen molar-refractivity contribution in [3.8, 4) is 0 Å². The maximum Gasteiger partial charge on any atom is 0.254 e. The molecular weight excluding hydrogens is 448 g/mol. The molecule has 0 saturated carbocycles. The van der Waals surface area contributed by atoms with Crippen LogP contribution in [0.4, 0.5) is 5.00 Å². The number of carbonyl (C=O) groups excluding carboxylic acids is 2. The lowest BCUT2D eigenvalue weighted by atomic mass is 9.95. The minimum absolute atomic E-state index is 0.128. The summed E-state index contributed by atoms with van der Waals surface area (Å²) in [7, 11) is 0. The number of hydrogen-bond acceptors (Lipinski definition) is 5. The van der Waals surface area contributed by atoms with E-state index in [0.717, 1.165) is 42.2 Å². The van der Waals surface area contributed by atoms with E-state index in [9.17, 15) is 9.59 Å². The molecule has 8 heteroatoms. The number of fused-ring (bicyclic) bond motifs is 2. The highest BCUT2D eigenvalue weighted by molar-refractivity contribution is 7.17. The van der Waals surface area contributed by atoms with Crippen molar-refractivity contribution in [2.75, 3.05) is 5.32 Å². The minimum atomic E-state index is -0.202. The molecule has 6 nitrogen and oxygen atoms in total. The highest BCUT2D eigenvalue weighted by Crippen LogP contribution is 2.38. The topological polar surface area (TPSA) is 84.5 Å². The molecule has 0 bridgehead atoms. The summed E-state index contributed by atoms with van der Waals surface area (Å²) in [5.41, 5.74) is 3.06. The maximum absolute atomic E-state index is 13.1. The molecule has 0 unspecified atom stereocenters. The Morgan fingerprint density at radius 1 is 1.12 bits per heavy atom. The second kappa shape index (κ2) is 8.84. The van der Waals surface area contributed by atoms with Crippen LogP contribution in [0.15, 0.2) is 51.7 Å². The molecule has 1 aromatic carbocycles. The number of furan rings is 2. The van der Waals surface area contributed by atoms with Crippen molar-refractivity contribution in [3.63, 3.8) is 0 Å². The third-order valence-corrected chi connectivity index (χ3v) is 7.06. The van der Waals surface area contributed by atoms with Gasteiger partial charge in [0.25, 0.3) is 5.91 Å². The molecule has 0 radical (unpaired) electrons. The van der Waals surface area contributed by atoms with Crippen LogP contribution in [0.3, 0.4) is 0 Å². The second-order valence-corrected chi connectivity index (χ2v) is 9.35. The van der Waals surface area contributed by atoms with Crippen LogP contribution in [0.1, 0.15) is 45.0 Å². The monoisotopic (exact) mass is 468 g/mol. The van der Waals surface area contributed by atoms with E-state index in [1.165, 1.54) is 16.2 Å². The number of rotatable bonds is 6. The van der Waals surface area contributed by atoms with Gasteiger partial charge in [0.1, 0.15) is 16.3 Å². The molecule has 4 aromatic rings. The predicted molar refractivity (Wildman–Crippen MR) is 124 cm³/mol. The van der Waals surface area contributed by atoms with E-state index in [0.29, 0.717) is 33.5 Å². The number of aryl methyl sites for hydroxylation is 1. The lowest BCUT2D eigenvalue weighted by Crippen LogP contribution is -2.25. The lowest BCUT2D eigenvalue weighted by Gasteiger charge is -2.13. The first-order valence-corrected chi connectivity index (χ1v) is 11.7. The van der Waals surface area contributed by atoms with E-state index >= 15 is 0 Å². The molecule has 5 rings (SSSR count). The molecular formula is C24H21ClN2O4S. The van der Waals surface area contributed by atoms with E-state index in [1.807, 2.05) is 6.07 Å². The molecule has 0 spiro atoms. The van der Waals surface area contributed by atoms with Crippen LogP contribution in [0.5, 0.6) is 0 Å². The average molecular weight is 469 g/mol. The number of nitrogens with one attached hydrogen (secondary N) is 2. The van der Waals surface area contributed by atoms with E-state index in [-0.39, 0.29) is 18.2 Å². The zero-order valence-electron chi connectivity index (χ0n) is 17.2. The van der Waals surface area contributed by atoms with Gasteiger partial charge in [0.15, 0.2) is 0 Å². The Kier molecular flexibility index (Phi) is 5.76. The first kappa shape index (κ1) is 20.8. The SMILES string of the molecule is O=C(Cc1coc2ccc(Cl)cc12)Nc1sc2c(c1C(=O)NCc1ccco1)CCCC2.